The molecule has 5 heteroatoms. The van der Waals surface area contributed by atoms with Crippen LogP contribution in [0.3, 0.4) is 0 Å². The van der Waals surface area contributed by atoms with Crippen LogP contribution in [0.25, 0.3) is 0 Å². The highest BCUT2D eigenvalue weighted by atomic mass is 35.5. The van der Waals surface area contributed by atoms with Crippen LogP contribution in [0.2, 0.25) is 5.02 Å². The number of anilines is 1. The molecule has 0 bridgehead atoms. The van der Waals surface area contributed by atoms with E-state index in [0.717, 1.165) is 32.0 Å². The quantitative estimate of drug-likeness (QED) is 0.810. The van der Waals surface area contributed by atoms with Gasteiger partial charge in [0.05, 0.1) is 13.2 Å². The second-order valence-corrected chi connectivity index (χ2v) is 4.53. The standard InChI is InChI=1S/C12H15ClN2O2/c13-10-2-1-3-11(8-10)14-12(16)9-15-4-6-17-7-5-15/h1-3,8H,4-7,9H2,(H,14,16)/p+1. The van der Waals surface area contributed by atoms with Crippen LogP contribution in [0.4, 0.5) is 5.69 Å². The summed E-state index contributed by atoms with van der Waals surface area (Å²) in [5.41, 5.74) is 0.746. The molecule has 1 aromatic carbocycles. The van der Waals surface area contributed by atoms with Crippen LogP contribution in [-0.2, 0) is 9.53 Å². The Bertz CT molecular complexity index is 392. The van der Waals surface area contributed by atoms with E-state index in [1.807, 2.05) is 12.1 Å². The number of rotatable bonds is 3. The van der Waals surface area contributed by atoms with E-state index < -0.39 is 0 Å². The summed E-state index contributed by atoms with van der Waals surface area (Å²) in [6.45, 7) is 3.74. The van der Waals surface area contributed by atoms with Gasteiger partial charge in [0.2, 0.25) is 0 Å². The molecular weight excluding hydrogens is 240 g/mol. The van der Waals surface area contributed by atoms with Gasteiger partial charge in [0, 0.05) is 10.7 Å². The minimum absolute atomic E-state index is 0.0177. The zero-order valence-corrected chi connectivity index (χ0v) is 10.3. The van der Waals surface area contributed by atoms with E-state index >= 15 is 0 Å². The van der Waals surface area contributed by atoms with E-state index in [-0.39, 0.29) is 5.91 Å². The van der Waals surface area contributed by atoms with Crippen LogP contribution in [0.5, 0.6) is 0 Å². The molecule has 0 atom stereocenters. The van der Waals surface area contributed by atoms with Gasteiger partial charge in [-0.1, -0.05) is 17.7 Å². The molecule has 0 unspecified atom stereocenters. The lowest BCUT2D eigenvalue weighted by molar-refractivity contribution is -0.899. The van der Waals surface area contributed by atoms with Gasteiger partial charge in [0.15, 0.2) is 6.54 Å². The highest BCUT2D eigenvalue weighted by Gasteiger charge is 2.17. The first-order valence-electron chi connectivity index (χ1n) is 5.71. The number of nitrogens with one attached hydrogen (secondary N) is 2. The van der Waals surface area contributed by atoms with Gasteiger partial charge in [0.25, 0.3) is 5.91 Å². The van der Waals surface area contributed by atoms with E-state index in [9.17, 15) is 4.79 Å². The molecule has 1 aromatic rings. The van der Waals surface area contributed by atoms with E-state index in [1.54, 1.807) is 12.1 Å². The van der Waals surface area contributed by atoms with Gasteiger partial charge in [-0.2, -0.15) is 0 Å². The average Bonchev–Trinajstić information content (AvgIpc) is 2.30. The Morgan fingerprint density at radius 3 is 2.88 bits per heavy atom. The summed E-state index contributed by atoms with van der Waals surface area (Å²) in [6, 6.07) is 7.18. The van der Waals surface area contributed by atoms with Crippen molar-refractivity contribution >= 4 is 23.2 Å². The van der Waals surface area contributed by atoms with Crippen LogP contribution in [0, 0.1) is 0 Å². The van der Waals surface area contributed by atoms with Gasteiger partial charge in [-0.3, -0.25) is 4.79 Å². The molecule has 1 amide bonds. The molecule has 1 aliphatic heterocycles. The summed E-state index contributed by atoms with van der Waals surface area (Å²) in [7, 11) is 0. The van der Waals surface area contributed by atoms with Crippen molar-refractivity contribution in [3.63, 3.8) is 0 Å². The predicted octanol–water partition coefficient (Wildman–Crippen LogP) is 0.194. The molecule has 1 aliphatic rings. The van der Waals surface area contributed by atoms with Crippen LogP contribution in [-0.4, -0.2) is 38.8 Å². The van der Waals surface area contributed by atoms with Crippen molar-refractivity contribution in [2.45, 2.75) is 0 Å². The lowest BCUT2D eigenvalue weighted by Gasteiger charge is -2.23. The molecule has 1 heterocycles. The van der Waals surface area contributed by atoms with Crippen LogP contribution >= 0.6 is 11.6 Å². The predicted molar refractivity (Wildman–Crippen MR) is 66.5 cm³/mol. The maximum absolute atomic E-state index is 11.8. The summed E-state index contributed by atoms with van der Waals surface area (Å²) in [6.07, 6.45) is 0. The molecule has 1 fully saturated rings. The molecule has 4 nitrogen and oxygen atoms in total. The number of hydrogen-bond donors (Lipinski definition) is 2. The third-order valence-corrected chi connectivity index (χ3v) is 2.95. The molecule has 92 valence electrons. The second-order valence-electron chi connectivity index (χ2n) is 4.10. The van der Waals surface area contributed by atoms with Crippen LogP contribution in [0.15, 0.2) is 24.3 Å². The molecule has 0 aliphatic carbocycles. The molecule has 0 aromatic heterocycles. The largest absolute Gasteiger partial charge is 0.370 e. The first-order valence-corrected chi connectivity index (χ1v) is 6.08. The molecule has 0 radical (unpaired) electrons. The van der Waals surface area contributed by atoms with Gasteiger partial charge in [-0.25, -0.2) is 0 Å². The fraction of sp³-hybridized carbons (Fsp3) is 0.417. The van der Waals surface area contributed by atoms with Crippen molar-refractivity contribution in [1.82, 2.24) is 0 Å². The number of ether oxygens (including phenoxy) is 1. The van der Waals surface area contributed by atoms with Gasteiger partial charge in [0.1, 0.15) is 13.1 Å². The fourth-order valence-corrected chi connectivity index (χ4v) is 2.03. The summed E-state index contributed by atoms with van der Waals surface area (Å²) in [4.78, 5) is 13.0. The van der Waals surface area contributed by atoms with Crippen molar-refractivity contribution in [3.8, 4) is 0 Å². The highest BCUT2D eigenvalue weighted by molar-refractivity contribution is 6.30. The Hall–Kier alpha value is -1.10. The number of quaternary nitrogens is 1. The van der Waals surface area contributed by atoms with Crippen molar-refractivity contribution in [1.29, 1.82) is 0 Å². The lowest BCUT2D eigenvalue weighted by atomic mass is 10.3. The molecular formula is C12H16ClN2O2+. The number of amides is 1. The maximum atomic E-state index is 11.8. The first kappa shape index (κ1) is 12.4. The third kappa shape index (κ3) is 4.00. The van der Waals surface area contributed by atoms with Crippen molar-refractivity contribution < 1.29 is 14.4 Å². The third-order valence-electron chi connectivity index (χ3n) is 2.72. The molecule has 2 rings (SSSR count). The Morgan fingerprint density at radius 1 is 1.41 bits per heavy atom. The zero-order chi connectivity index (χ0) is 12.1. The summed E-state index contributed by atoms with van der Waals surface area (Å²) >= 11 is 5.85. The monoisotopic (exact) mass is 255 g/mol. The Labute approximate surface area is 106 Å². The van der Waals surface area contributed by atoms with Crippen molar-refractivity contribution in [2.24, 2.45) is 0 Å². The molecule has 0 spiro atoms. The SMILES string of the molecule is O=C(C[NH+]1CCOCC1)Nc1cccc(Cl)c1. The molecule has 2 N–H and O–H groups in total. The van der Waals surface area contributed by atoms with Gasteiger partial charge < -0.3 is 15.0 Å². The highest BCUT2D eigenvalue weighted by Crippen LogP contribution is 2.14. The smallest absolute Gasteiger partial charge is 0.279 e. The second kappa shape index (κ2) is 6.00. The Balaban J connectivity index is 1.84. The minimum Gasteiger partial charge on any atom is -0.370 e. The normalized spacial score (nSPS) is 16.8. The number of carbonyl (C=O) groups excluding carboxylic acids is 1. The lowest BCUT2D eigenvalue weighted by Crippen LogP contribution is -3.15. The van der Waals surface area contributed by atoms with E-state index in [1.165, 1.54) is 4.90 Å². The average molecular weight is 256 g/mol. The van der Waals surface area contributed by atoms with Gasteiger partial charge in [-0.15, -0.1) is 0 Å². The summed E-state index contributed by atoms with van der Waals surface area (Å²) in [5, 5.41) is 3.47. The van der Waals surface area contributed by atoms with Gasteiger partial charge in [-0.05, 0) is 18.2 Å². The topological polar surface area (TPSA) is 42.8 Å². The van der Waals surface area contributed by atoms with E-state index in [2.05, 4.69) is 5.32 Å². The van der Waals surface area contributed by atoms with Gasteiger partial charge >= 0.3 is 0 Å². The van der Waals surface area contributed by atoms with Crippen LogP contribution in [0.1, 0.15) is 0 Å². The minimum atomic E-state index is 0.0177. The van der Waals surface area contributed by atoms with E-state index in [4.69, 9.17) is 16.3 Å². The van der Waals surface area contributed by atoms with E-state index in [0.29, 0.717) is 11.6 Å². The van der Waals surface area contributed by atoms with Crippen molar-refractivity contribution in [2.75, 3.05) is 38.2 Å². The number of hydrogen-bond acceptors (Lipinski definition) is 2. The zero-order valence-electron chi connectivity index (χ0n) is 9.54. The maximum Gasteiger partial charge on any atom is 0.279 e. The Kier molecular flexibility index (Phi) is 4.36. The summed E-state index contributed by atoms with van der Waals surface area (Å²) in [5.74, 6) is 0.0177. The summed E-state index contributed by atoms with van der Waals surface area (Å²) < 4.78 is 5.25. The van der Waals surface area contributed by atoms with Crippen LogP contribution < -0.4 is 10.2 Å². The molecule has 1 saturated heterocycles. The number of carbonyl (C=O) groups is 1. The number of benzene rings is 1. The van der Waals surface area contributed by atoms with Crippen molar-refractivity contribution in [3.05, 3.63) is 29.3 Å². The fourth-order valence-electron chi connectivity index (χ4n) is 1.84. The Morgan fingerprint density at radius 2 is 2.18 bits per heavy atom. The number of halogens is 1. The number of morpholine rings is 1. The molecule has 0 saturated carbocycles. The first-order chi connectivity index (χ1) is 8.24. The molecule has 17 heavy (non-hydrogen) atoms.